The van der Waals surface area contributed by atoms with Gasteiger partial charge in [-0.2, -0.15) is 0 Å². The van der Waals surface area contributed by atoms with Crippen LogP contribution in [0.4, 0.5) is 0 Å². The lowest BCUT2D eigenvalue weighted by Gasteiger charge is -2.17. The Labute approximate surface area is 158 Å². The van der Waals surface area contributed by atoms with Crippen molar-refractivity contribution in [3.05, 3.63) is 78.4 Å². The summed E-state index contributed by atoms with van der Waals surface area (Å²) in [6.45, 7) is 3.16. The van der Waals surface area contributed by atoms with E-state index < -0.39 is 11.9 Å². The van der Waals surface area contributed by atoms with Gasteiger partial charge in [0, 0.05) is 31.8 Å². The summed E-state index contributed by atoms with van der Waals surface area (Å²) in [7, 11) is 0. The first-order valence-electron chi connectivity index (χ1n) is 8.65. The monoisotopic (exact) mass is 369 g/mol. The molecule has 2 aromatic carbocycles. The second-order valence-electron chi connectivity index (χ2n) is 6.07. The summed E-state index contributed by atoms with van der Waals surface area (Å²) < 4.78 is 6.00. The van der Waals surface area contributed by atoms with Crippen molar-refractivity contribution in [1.82, 2.24) is 4.90 Å². The zero-order chi connectivity index (χ0) is 19.5. The number of hydrogen-bond donors (Lipinski definition) is 2. The van der Waals surface area contributed by atoms with E-state index in [-0.39, 0.29) is 0 Å². The maximum atomic E-state index is 9.55. The third-order valence-electron chi connectivity index (χ3n) is 3.89. The number of carboxylic acids is 2. The Morgan fingerprint density at radius 3 is 2.07 bits per heavy atom. The molecule has 142 valence electrons. The Kier molecular flexibility index (Phi) is 8.06. The van der Waals surface area contributed by atoms with Gasteiger partial charge in [0.15, 0.2) is 0 Å². The first-order chi connectivity index (χ1) is 13.0. The number of ether oxygens (including phenoxy) is 1. The Hall–Kier alpha value is -3.12. The van der Waals surface area contributed by atoms with E-state index in [9.17, 15) is 9.59 Å². The second-order valence-corrected chi connectivity index (χ2v) is 6.07. The van der Waals surface area contributed by atoms with Gasteiger partial charge in [0.05, 0.1) is 0 Å². The summed E-state index contributed by atoms with van der Waals surface area (Å²) in [6.07, 6.45) is 2.55. The molecule has 0 radical (unpaired) electrons. The highest BCUT2D eigenvalue weighted by Gasteiger charge is 2.23. The fraction of sp³-hybridized carbons (Fsp3) is 0.238. The van der Waals surface area contributed by atoms with Crippen molar-refractivity contribution in [2.45, 2.75) is 19.1 Å². The molecule has 6 heteroatoms. The van der Waals surface area contributed by atoms with Gasteiger partial charge in [-0.25, -0.2) is 9.59 Å². The fourth-order valence-electron chi connectivity index (χ4n) is 2.71. The van der Waals surface area contributed by atoms with Crippen LogP contribution < -0.4 is 4.74 Å². The standard InChI is InChI=1S/C17H19NO.C4H4O4/c1-3-7-15(8-4-1)13-18-12-11-17(14-18)19-16-9-5-2-6-10-16;5-3(6)1-2-4(7)8/h1-10,17H,11-14H2;1-2H,(H,5,6)(H,7,8)/b;2-1+. The van der Waals surface area contributed by atoms with Crippen molar-refractivity contribution >= 4 is 11.9 Å². The van der Waals surface area contributed by atoms with E-state index in [1.54, 1.807) is 0 Å². The van der Waals surface area contributed by atoms with Crippen LogP contribution in [0.15, 0.2) is 72.8 Å². The molecule has 1 fully saturated rings. The molecule has 2 N–H and O–H groups in total. The van der Waals surface area contributed by atoms with Crippen LogP contribution in [0.5, 0.6) is 5.75 Å². The third-order valence-corrected chi connectivity index (χ3v) is 3.89. The quantitative estimate of drug-likeness (QED) is 0.761. The van der Waals surface area contributed by atoms with E-state index in [4.69, 9.17) is 14.9 Å². The van der Waals surface area contributed by atoms with E-state index in [0.29, 0.717) is 18.3 Å². The fourth-order valence-corrected chi connectivity index (χ4v) is 2.71. The number of likely N-dealkylation sites (tertiary alicyclic amines) is 1. The molecule has 3 rings (SSSR count). The van der Waals surface area contributed by atoms with Crippen LogP contribution in [0.2, 0.25) is 0 Å². The first kappa shape index (κ1) is 20.2. The summed E-state index contributed by atoms with van der Waals surface area (Å²) in [5, 5.41) is 15.6. The minimum absolute atomic E-state index is 0.325. The van der Waals surface area contributed by atoms with E-state index >= 15 is 0 Å². The average molecular weight is 369 g/mol. The number of benzene rings is 2. The zero-order valence-electron chi connectivity index (χ0n) is 14.9. The van der Waals surface area contributed by atoms with Crippen molar-refractivity contribution in [2.75, 3.05) is 13.1 Å². The normalized spacial score (nSPS) is 16.5. The van der Waals surface area contributed by atoms with E-state index in [2.05, 4.69) is 35.2 Å². The highest BCUT2D eigenvalue weighted by Crippen LogP contribution is 2.19. The molecule has 0 aromatic heterocycles. The molecule has 27 heavy (non-hydrogen) atoms. The van der Waals surface area contributed by atoms with Crippen molar-refractivity contribution < 1.29 is 24.5 Å². The summed E-state index contributed by atoms with van der Waals surface area (Å²) in [4.78, 5) is 21.6. The number of carboxylic acid groups (broad SMARTS) is 2. The largest absolute Gasteiger partial charge is 0.489 e. The van der Waals surface area contributed by atoms with Gasteiger partial charge in [-0.1, -0.05) is 48.5 Å². The molecule has 1 atom stereocenters. The highest BCUT2D eigenvalue weighted by molar-refractivity contribution is 5.89. The predicted octanol–water partition coefficient (Wildman–Crippen LogP) is 3.05. The number of para-hydroxylation sites is 1. The highest BCUT2D eigenvalue weighted by atomic mass is 16.5. The number of rotatable bonds is 6. The zero-order valence-corrected chi connectivity index (χ0v) is 14.9. The van der Waals surface area contributed by atoms with Crippen molar-refractivity contribution in [3.8, 4) is 5.75 Å². The predicted molar refractivity (Wildman–Crippen MR) is 102 cm³/mol. The number of nitrogens with zero attached hydrogens (tertiary/aromatic N) is 1. The van der Waals surface area contributed by atoms with Gasteiger partial charge in [0.25, 0.3) is 0 Å². The lowest BCUT2D eigenvalue weighted by atomic mass is 10.2. The van der Waals surface area contributed by atoms with Crippen LogP contribution in [0.1, 0.15) is 12.0 Å². The molecule has 1 heterocycles. The molecule has 0 bridgehead atoms. The lowest BCUT2D eigenvalue weighted by molar-refractivity contribution is -0.134. The van der Waals surface area contributed by atoms with Crippen molar-refractivity contribution in [1.29, 1.82) is 0 Å². The smallest absolute Gasteiger partial charge is 0.328 e. The SMILES string of the molecule is O=C(O)/C=C/C(=O)O.c1ccc(CN2CCC(Oc3ccccc3)C2)cc1. The van der Waals surface area contributed by atoms with Crippen LogP contribution in [0.25, 0.3) is 0 Å². The Morgan fingerprint density at radius 2 is 1.52 bits per heavy atom. The number of aliphatic carboxylic acids is 2. The summed E-state index contributed by atoms with van der Waals surface area (Å²) in [5.41, 5.74) is 1.38. The Morgan fingerprint density at radius 1 is 0.963 bits per heavy atom. The Balaban J connectivity index is 0.000000279. The maximum Gasteiger partial charge on any atom is 0.328 e. The molecule has 2 aromatic rings. The lowest BCUT2D eigenvalue weighted by Crippen LogP contribution is -2.24. The molecule has 1 saturated heterocycles. The summed E-state index contributed by atoms with van der Waals surface area (Å²) in [5.74, 6) is -1.53. The van der Waals surface area contributed by atoms with Crippen LogP contribution in [-0.4, -0.2) is 46.2 Å². The van der Waals surface area contributed by atoms with E-state index in [1.807, 2.05) is 30.3 Å². The molecule has 1 aliphatic heterocycles. The molecule has 1 unspecified atom stereocenters. The van der Waals surface area contributed by atoms with Crippen LogP contribution in [0, 0.1) is 0 Å². The molecular formula is C21H23NO5. The van der Waals surface area contributed by atoms with Crippen molar-refractivity contribution in [3.63, 3.8) is 0 Å². The number of hydrogen-bond acceptors (Lipinski definition) is 4. The van der Waals surface area contributed by atoms with Crippen LogP contribution >= 0.6 is 0 Å². The van der Waals surface area contributed by atoms with Crippen LogP contribution in [-0.2, 0) is 16.1 Å². The number of carbonyl (C=O) groups is 2. The topological polar surface area (TPSA) is 87.1 Å². The van der Waals surface area contributed by atoms with Gasteiger partial charge in [-0.15, -0.1) is 0 Å². The molecule has 1 aliphatic rings. The minimum Gasteiger partial charge on any atom is -0.489 e. The molecule has 0 amide bonds. The van der Waals surface area contributed by atoms with Gasteiger partial charge in [0.2, 0.25) is 0 Å². The summed E-state index contributed by atoms with van der Waals surface area (Å²) >= 11 is 0. The maximum absolute atomic E-state index is 9.55. The van der Waals surface area contributed by atoms with Gasteiger partial charge < -0.3 is 14.9 Å². The molecule has 0 spiro atoms. The molecule has 0 aliphatic carbocycles. The minimum atomic E-state index is -1.26. The molecule has 6 nitrogen and oxygen atoms in total. The molecule has 0 saturated carbocycles. The van der Waals surface area contributed by atoms with Crippen molar-refractivity contribution in [2.24, 2.45) is 0 Å². The van der Waals surface area contributed by atoms with Crippen LogP contribution in [0.3, 0.4) is 0 Å². The summed E-state index contributed by atoms with van der Waals surface area (Å²) in [6, 6.07) is 20.7. The van der Waals surface area contributed by atoms with Gasteiger partial charge in [-0.3, -0.25) is 4.90 Å². The average Bonchev–Trinajstić information content (AvgIpc) is 3.09. The van der Waals surface area contributed by atoms with Gasteiger partial charge >= 0.3 is 11.9 Å². The first-order valence-corrected chi connectivity index (χ1v) is 8.65. The second kappa shape index (κ2) is 10.8. The van der Waals surface area contributed by atoms with Gasteiger partial charge in [0.1, 0.15) is 11.9 Å². The van der Waals surface area contributed by atoms with E-state index in [0.717, 1.165) is 31.8 Å². The third kappa shape index (κ3) is 8.20. The molecular weight excluding hydrogens is 346 g/mol. The Bertz CT molecular complexity index is 682. The van der Waals surface area contributed by atoms with Gasteiger partial charge in [-0.05, 0) is 24.1 Å². The van der Waals surface area contributed by atoms with E-state index in [1.165, 1.54) is 5.56 Å².